The van der Waals surface area contributed by atoms with Gasteiger partial charge in [0.2, 0.25) is 5.28 Å². The molecule has 0 bridgehead atoms. The van der Waals surface area contributed by atoms with E-state index in [9.17, 15) is 13.2 Å². The summed E-state index contributed by atoms with van der Waals surface area (Å²) in [5.41, 5.74) is 0.443. The van der Waals surface area contributed by atoms with Gasteiger partial charge in [-0.3, -0.25) is 4.72 Å². The fourth-order valence-electron chi connectivity index (χ4n) is 1.48. The second-order valence-electron chi connectivity index (χ2n) is 3.87. The van der Waals surface area contributed by atoms with Crippen LogP contribution in [0, 0.1) is 0 Å². The number of hydrogen-bond donors (Lipinski definition) is 1. The summed E-state index contributed by atoms with van der Waals surface area (Å²) in [5.74, 6) is -0.564. The molecule has 7 nitrogen and oxygen atoms in total. The van der Waals surface area contributed by atoms with Crippen molar-refractivity contribution in [3.8, 4) is 0 Å². The van der Waals surface area contributed by atoms with Crippen LogP contribution in [0.3, 0.4) is 0 Å². The first kappa shape index (κ1) is 15.2. The Morgan fingerprint density at radius 3 is 2.57 bits per heavy atom. The van der Waals surface area contributed by atoms with Gasteiger partial charge in [-0.2, -0.15) is 0 Å². The van der Waals surface area contributed by atoms with E-state index in [-0.39, 0.29) is 21.4 Å². The Balaban J connectivity index is 2.28. The average Bonchev–Trinajstić information content (AvgIpc) is 2.46. The summed E-state index contributed by atoms with van der Waals surface area (Å²) in [6, 6.07) is 5.90. The molecule has 21 heavy (non-hydrogen) atoms. The Morgan fingerprint density at radius 2 is 1.95 bits per heavy atom. The highest BCUT2D eigenvalue weighted by atomic mass is 35.5. The van der Waals surface area contributed by atoms with Crippen LogP contribution in [0.4, 0.5) is 5.69 Å². The topological polar surface area (TPSA) is 98.2 Å². The maximum absolute atomic E-state index is 12.1. The highest BCUT2D eigenvalue weighted by Crippen LogP contribution is 2.17. The van der Waals surface area contributed by atoms with E-state index >= 15 is 0 Å². The minimum atomic E-state index is -3.87. The van der Waals surface area contributed by atoms with E-state index in [0.29, 0.717) is 0 Å². The molecule has 110 valence electrons. The molecular formula is C12H10ClN3O4S. The smallest absolute Gasteiger partial charge is 0.337 e. The average molecular weight is 328 g/mol. The Hall–Kier alpha value is -2.19. The molecule has 1 aromatic carbocycles. The highest BCUT2D eigenvalue weighted by Gasteiger charge is 2.16. The maximum Gasteiger partial charge on any atom is 0.337 e. The van der Waals surface area contributed by atoms with E-state index in [0.717, 1.165) is 12.4 Å². The van der Waals surface area contributed by atoms with E-state index < -0.39 is 16.0 Å². The van der Waals surface area contributed by atoms with Crippen LogP contribution in [0.25, 0.3) is 0 Å². The number of benzene rings is 1. The Bertz CT molecular complexity index is 762. The number of carbonyl (C=O) groups is 1. The molecule has 1 N–H and O–H groups in total. The minimum Gasteiger partial charge on any atom is -0.465 e. The number of rotatable bonds is 4. The van der Waals surface area contributed by atoms with Crippen LogP contribution in [0.5, 0.6) is 0 Å². The predicted molar refractivity (Wildman–Crippen MR) is 75.6 cm³/mol. The third-order valence-corrected chi connectivity index (χ3v) is 3.97. The zero-order chi connectivity index (χ0) is 15.5. The summed E-state index contributed by atoms with van der Waals surface area (Å²) in [5, 5.41) is -0.0540. The normalized spacial score (nSPS) is 11.0. The molecule has 9 heteroatoms. The number of ether oxygens (including phenoxy) is 1. The monoisotopic (exact) mass is 327 g/mol. The fourth-order valence-corrected chi connectivity index (χ4v) is 2.52. The maximum atomic E-state index is 12.1. The van der Waals surface area contributed by atoms with E-state index in [1.807, 2.05) is 0 Å². The number of hydrogen-bond acceptors (Lipinski definition) is 6. The van der Waals surface area contributed by atoms with Gasteiger partial charge in [-0.15, -0.1) is 0 Å². The standard InChI is InChI=1S/C12H10ClN3O4S/c1-20-11(17)8-3-2-4-9(5-8)16-21(18,19)10-6-14-12(13)15-7-10/h2-7,16H,1H3. The van der Waals surface area contributed by atoms with Gasteiger partial charge in [-0.05, 0) is 29.8 Å². The fraction of sp³-hybridized carbons (Fsp3) is 0.0833. The highest BCUT2D eigenvalue weighted by molar-refractivity contribution is 7.92. The zero-order valence-electron chi connectivity index (χ0n) is 10.8. The summed E-state index contributed by atoms with van der Waals surface area (Å²) in [6.07, 6.45) is 2.17. The van der Waals surface area contributed by atoms with Crippen molar-refractivity contribution in [2.24, 2.45) is 0 Å². The van der Waals surface area contributed by atoms with Crippen LogP contribution < -0.4 is 4.72 Å². The molecule has 0 fully saturated rings. The molecule has 0 radical (unpaired) electrons. The van der Waals surface area contributed by atoms with Crippen LogP contribution in [-0.4, -0.2) is 31.5 Å². The number of aromatic nitrogens is 2. The van der Waals surface area contributed by atoms with Gasteiger partial charge in [0.05, 0.1) is 25.1 Å². The van der Waals surface area contributed by atoms with Crippen molar-refractivity contribution in [2.45, 2.75) is 4.90 Å². The minimum absolute atomic E-state index is 0.0540. The van der Waals surface area contributed by atoms with Gasteiger partial charge < -0.3 is 4.74 Å². The summed E-state index contributed by atoms with van der Waals surface area (Å²) < 4.78 is 31.1. The number of sulfonamides is 1. The third-order valence-electron chi connectivity index (χ3n) is 2.44. The van der Waals surface area contributed by atoms with Crippen molar-refractivity contribution in [1.82, 2.24) is 9.97 Å². The molecule has 0 saturated carbocycles. The van der Waals surface area contributed by atoms with Crippen molar-refractivity contribution in [2.75, 3.05) is 11.8 Å². The third kappa shape index (κ3) is 3.67. The lowest BCUT2D eigenvalue weighted by Gasteiger charge is -2.08. The molecule has 2 rings (SSSR count). The molecule has 0 aliphatic heterocycles. The molecule has 2 aromatic rings. The number of halogens is 1. The zero-order valence-corrected chi connectivity index (χ0v) is 12.4. The Morgan fingerprint density at radius 1 is 1.29 bits per heavy atom. The van der Waals surface area contributed by atoms with E-state index in [2.05, 4.69) is 19.4 Å². The number of nitrogens with zero attached hydrogens (tertiary/aromatic N) is 2. The van der Waals surface area contributed by atoms with Gasteiger partial charge in [0, 0.05) is 5.69 Å². The van der Waals surface area contributed by atoms with E-state index in [1.54, 1.807) is 0 Å². The molecule has 0 amide bonds. The molecule has 1 aromatic heterocycles. The van der Waals surface area contributed by atoms with Crippen LogP contribution in [-0.2, 0) is 14.8 Å². The molecule has 1 heterocycles. The largest absolute Gasteiger partial charge is 0.465 e. The quantitative estimate of drug-likeness (QED) is 0.678. The number of carbonyl (C=O) groups excluding carboxylic acids is 1. The van der Waals surface area contributed by atoms with Gasteiger partial charge in [-0.1, -0.05) is 6.07 Å². The summed E-state index contributed by atoms with van der Waals surface area (Å²) in [4.78, 5) is 18.5. The van der Waals surface area contributed by atoms with Gasteiger partial charge in [0.25, 0.3) is 10.0 Å². The lowest BCUT2D eigenvalue weighted by Crippen LogP contribution is -2.14. The Labute approximate surface area is 126 Å². The number of nitrogens with one attached hydrogen (secondary N) is 1. The summed E-state index contributed by atoms with van der Waals surface area (Å²) >= 11 is 5.50. The SMILES string of the molecule is COC(=O)c1cccc(NS(=O)(=O)c2cnc(Cl)nc2)c1. The summed E-state index contributed by atoms with van der Waals surface area (Å²) in [6.45, 7) is 0. The van der Waals surface area contributed by atoms with Crippen molar-refractivity contribution in [1.29, 1.82) is 0 Å². The van der Waals surface area contributed by atoms with Gasteiger partial charge in [0.15, 0.2) is 0 Å². The van der Waals surface area contributed by atoms with Crippen LogP contribution in [0.1, 0.15) is 10.4 Å². The molecule has 0 aliphatic carbocycles. The second-order valence-corrected chi connectivity index (χ2v) is 5.89. The lowest BCUT2D eigenvalue weighted by atomic mass is 10.2. The van der Waals surface area contributed by atoms with Gasteiger partial charge in [-0.25, -0.2) is 23.2 Å². The van der Waals surface area contributed by atoms with Crippen LogP contribution in [0.2, 0.25) is 5.28 Å². The van der Waals surface area contributed by atoms with Gasteiger partial charge in [0.1, 0.15) is 4.90 Å². The first-order chi connectivity index (χ1) is 9.92. The first-order valence-corrected chi connectivity index (χ1v) is 7.47. The van der Waals surface area contributed by atoms with Crippen molar-refractivity contribution in [3.63, 3.8) is 0 Å². The van der Waals surface area contributed by atoms with Crippen molar-refractivity contribution >= 4 is 33.3 Å². The van der Waals surface area contributed by atoms with Crippen LogP contribution >= 0.6 is 11.6 Å². The van der Waals surface area contributed by atoms with E-state index in [1.165, 1.54) is 31.4 Å². The molecule has 0 saturated heterocycles. The van der Waals surface area contributed by atoms with Crippen LogP contribution in [0.15, 0.2) is 41.6 Å². The number of esters is 1. The lowest BCUT2D eigenvalue weighted by molar-refractivity contribution is 0.0601. The first-order valence-electron chi connectivity index (χ1n) is 5.61. The van der Waals surface area contributed by atoms with Gasteiger partial charge >= 0.3 is 5.97 Å². The number of anilines is 1. The van der Waals surface area contributed by atoms with Crippen molar-refractivity contribution < 1.29 is 17.9 Å². The van der Waals surface area contributed by atoms with Crippen molar-refractivity contribution in [3.05, 3.63) is 47.5 Å². The molecule has 0 spiro atoms. The number of methoxy groups -OCH3 is 1. The molecule has 0 unspecified atom stereocenters. The van der Waals surface area contributed by atoms with E-state index in [4.69, 9.17) is 11.6 Å². The summed E-state index contributed by atoms with van der Waals surface area (Å²) in [7, 11) is -2.62. The molecule has 0 atom stereocenters. The Kier molecular flexibility index (Phi) is 4.39. The second kappa shape index (κ2) is 6.06. The molecule has 0 aliphatic rings. The predicted octanol–water partition coefficient (Wildman–Crippen LogP) is 1.72. The molecular weight excluding hydrogens is 318 g/mol.